The van der Waals surface area contributed by atoms with Gasteiger partial charge in [-0.3, -0.25) is 0 Å². The highest BCUT2D eigenvalue weighted by molar-refractivity contribution is 5.11. The predicted molar refractivity (Wildman–Crippen MR) is 125 cm³/mol. The SMILES string of the molecule is C=C/C=C/CC/C=C/C=C/C=C/CC/C=C/[C@H](O)[C@H](O)[C@@H]1O[C@@H]([C@H](O)CO)C[C@@H](O)[C@H]1O. The topological polar surface area (TPSA) is 131 Å². The second kappa shape index (κ2) is 16.7. The van der Waals surface area contributed by atoms with E-state index in [0.717, 1.165) is 19.3 Å². The first kappa shape index (κ1) is 28.2. The van der Waals surface area contributed by atoms with Crippen molar-refractivity contribution in [3.63, 3.8) is 0 Å². The van der Waals surface area contributed by atoms with E-state index in [1.807, 2.05) is 36.5 Å². The van der Waals surface area contributed by atoms with E-state index in [0.29, 0.717) is 6.42 Å². The van der Waals surface area contributed by atoms with E-state index in [9.17, 15) is 25.5 Å². The summed E-state index contributed by atoms with van der Waals surface area (Å²) >= 11 is 0. The highest BCUT2D eigenvalue weighted by atomic mass is 16.5. The molecule has 0 amide bonds. The fourth-order valence-electron chi connectivity index (χ4n) is 3.18. The molecule has 1 aliphatic heterocycles. The summed E-state index contributed by atoms with van der Waals surface area (Å²) in [6, 6.07) is 0. The minimum absolute atomic E-state index is 0.0816. The summed E-state index contributed by atoms with van der Waals surface area (Å²) in [7, 11) is 0. The normalized spacial score (nSPS) is 27.8. The average Bonchev–Trinajstić information content (AvgIpc) is 2.79. The summed E-state index contributed by atoms with van der Waals surface area (Å²) in [6.45, 7) is 3.04. The molecule has 32 heavy (non-hydrogen) atoms. The Balaban J connectivity index is 2.36. The molecule has 1 aliphatic rings. The van der Waals surface area contributed by atoms with E-state index < -0.39 is 49.3 Å². The lowest BCUT2D eigenvalue weighted by Gasteiger charge is -2.41. The molecule has 0 aromatic carbocycles. The van der Waals surface area contributed by atoms with Crippen LogP contribution in [0.1, 0.15) is 32.1 Å². The summed E-state index contributed by atoms with van der Waals surface area (Å²) in [4.78, 5) is 0. The Morgan fingerprint density at radius 1 is 0.844 bits per heavy atom. The molecule has 7 nitrogen and oxygen atoms in total. The Bertz CT molecular complexity index is 653. The zero-order valence-corrected chi connectivity index (χ0v) is 18.4. The van der Waals surface area contributed by atoms with Crippen LogP contribution in [0.15, 0.2) is 73.4 Å². The number of aliphatic hydroxyl groups is 6. The first-order valence-corrected chi connectivity index (χ1v) is 11.0. The van der Waals surface area contributed by atoms with E-state index in [-0.39, 0.29) is 6.42 Å². The number of ether oxygens (including phenoxy) is 1. The lowest BCUT2D eigenvalue weighted by atomic mass is 9.90. The molecule has 0 radical (unpaired) electrons. The number of aliphatic hydroxyl groups excluding tert-OH is 6. The zero-order valence-electron chi connectivity index (χ0n) is 18.4. The number of unbranched alkanes of at least 4 members (excludes halogenated alkanes) is 2. The van der Waals surface area contributed by atoms with Crippen molar-refractivity contribution < 1.29 is 35.4 Å². The maximum atomic E-state index is 10.3. The van der Waals surface area contributed by atoms with Gasteiger partial charge in [-0.1, -0.05) is 73.4 Å². The van der Waals surface area contributed by atoms with Crippen LogP contribution in [-0.4, -0.2) is 80.0 Å². The molecule has 180 valence electrons. The third-order valence-electron chi connectivity index (χ3n) is 5.05. The fourth-order valence-corrected chi connectivity index (χ4v) is 3.18. The van der Waals surface area contributed by atoms with Crippen LogP contribution in [0, 0.1) is 0 Å². The zero-order chi connectivity index (χ0) is 23.8. The van der Waals surface area contributed by atoms with Crippen molar-refractivity contribution in [3.8, 4) is 0 Å². The van der Waals surface area contributed by atoms with Crippen LogP contribution in [0.2, 0.25) is 0 Å². The van der Waals surface area contributed by atoms with Gasteiger partial charge in [0.1, 0.15) is 30.5 Å². The van der Waals surface area contributed by atoms with Gasteiger partial charge in [0.25, 0.3) is 0 Å². The molecule has 0 aromatic rings. The molecule has 0 aromatic heterocycles. The van der Waals surface area contributed by atoms with Crippen LogP contribution in [0.25, 0.3) is 0 Å². The van der Waals surface area contributed by atoms with Gasteiger partial charge in [-0.05, 0) is 25.7 Å². The molecule has 7 heteroatoms. The molecule has 1 heterocycles. The van der Waals surface area contributed by atoms with Crippen molar-refractivity contribution in [2.45, 2.75) is 74.8 Å². The summed E-state index contributed by atoms with van der Waals surface area (Å²) in [5.74, 6) is 0. The summed E-state index contributed by atoms with van der Waals surface area (Å²) < 4.78 is 5.43. The number of hydrogen-bond acceptors (Lipinski definition) is 7. The molecular weight excluding hydrogens is 412 g/mol. The van der Waals surface area contributed by atoms with Crippen LogP contribution in [-0.2, 0) is 4.74 Å². The van der Waals surface area contributed by atoms with Crippen LogP contribution < -0.4 is 0 Å². The highest BCUT2D eigenvalue weighted by Crippen LogP contribution is 2.26. The summed E-state index contributed by atoms with van der Waals surface area (Å²) in [5, 5.41) is 59.3. The third-order valence-corrected chi connectivity index (χ3v) is 5.05. The molecule has 1 saturated heterocycles. The van der Waals surface area contributed by atoms with Gasteiger partial charge < -0.3 is 35.4 Å². The van der Waals surface area contributed by atoms with Gasteiger partial charge >= 0.3 is 0 Å². The van der Waals surface area contributed by atoms with Crippen molar-refractivity contribution in [1.82, 2.24) is 0 Å². The van der Waals surface area contributed by atoms with Gasteiger partial charge in [-0.15, -0.1) is 0 Å². The molecule has 0 spiro atoms. The maximum absolute atomic E-state index is 10.3. The Hall–Kier alpha value is -1.84. The molecule has 1 rings (SSSR count). The molecule has 6 N–H and O–H groups in total. The average molecular weight is 451 g/mol. The van der Waals surface area contributed by atoms with Gasteiger partial charge in [0.2, 0.25) is 0 Å². The maximum Gasteiger partial charge on any atom is 0.115 e. The Kier molecular flexibility index (Phi) is 14.8. The lowest BCUT2D eigenvalue weighted by molar-refractivity contribution is -0.229. The molecule has 0 saturated carbocycles. The van der Waals surface area contributed by atoms with Gasteiger partial charge in [0.05, 0.1) is 18.8 Å². The minimum atomic E-state index is -1.50. The van der Waals surface area contributed by atoms with Crippen LogP contribution in [0.4, 0.5) is 0 Å². The minimum Gasteiger partial charge on any atom is -0.394 e. The molecule has 7 atom stereocenters. The van der Waals surface area contributed by atoms with Crippen molar-refractivity contribution in [3.05, 3.63) is 73.4 Å². The second-order valence-corrected chi connectivity index (χ2v) is 7.65. The van der Waals surface area contributed by atoms with Crippen molar-refractivity contribution in [1.29, 1.82) is 0 Å². The van der Waals surface area contributed by atoms with Crippen molar-refractivity contribution in [2.24, 2.45) is 0 Å². The summed E-state index contributed by atoms with van der Waals surface area (Å²) in [6.07, 6.45) is 15.0. The van der Waals surface area contributed by atoms with E-state index in [2.05, 4.69) is 18.7 Å². The lowest BCUT2D eigenvalue weighted by Crippen LogP contribution is -2.58. The quantitative estimate of drug-likeness (QED) is 0.134. The molecule has 0 bridgehead atoms. The first-order chi connectivity index (χ1) is 15.4. The molecule has 0 aliphatic carbocycles. The van der Waals surface area contributed by atoms with Crippen molar-refractivity contribution in [2.75, 3.05) is 6.61 Å². The second-order valence-electron chi connectivity index (χ2n) is 7.65. The predicted octanol–water partition coefficient (Wildman–Crippen LogP) is 1.47. The van der Waals surface area contributed by atoms with E-state index in [4.69, 9.17) is 9.84 Å². The number of allylic oxidation sites excluding steroid dienone is 10. The van der Waals surface area contributed by atoms with Crippen LogP contribution >= 0.6 is 0 Å². The number of hydrogen-bond donors (Lipinski definition) is 6. The Morgan fingerprint density at radius 3 is 1.97 bits per heavy atom. The van der Waals surface area contributed by atoms with E-state index in [1.54, 1.807) is 12.2 Å². The fraction of sp³-hybridized carbons (Fsp3) is 0.520. The highest BCUT2D eigenvalue weighted by Gasteiger charge is 2.44. The van der Waals surface area contributed by atoms with Crippen molar-refractivity contribution >= 4 is 0 Å². The standard InChI is InChI=1S/C25H38O7/c1-2-3-4-5-6-7-8-9-10-11-12-13-14-15-16-19(27)23(30)25-24(31)20(28)17-22(32-25)21(29)18-26/h2-4,7-12,15-16,19-31H,1,5-6,13-14,17-18H2/b4-3+,8-7+,10-9+,12-11+,16-15+/t19-,20+,21+,22+,23-,24+,25-/m0/s1. The van der Waals surface area contributed by atoms with Crippen LogP contribution in [0.5, 0.6) is 0 Å². The molecule has 1 fully saturated rings. The van der Waals surface area contributed by atoms with E-state index in [1.165, 1.54) is 6.08 Å². The Morgan fingerprint density at radius 2 is 1.41 bits per heavy atom. The van der Waals surface area contributed by atoms with Gasteiger partial charge in [-0.2, -0.15) is 0 Å². The first-order valence-electron chi connectivity index (χ1n) is 11.0. The largest absolute Gasteiger partial charge is 0.394 e. The number of rotatable bonds is 14. The van der Waals surface area contributed by atoms with Crippen LogP contribution in [0.3, 0.4) is 0 Å². The third kappa shape index (κ3) is 10.7. The van der Waals surface area contributed by atoms with Gasteiger partial charge in [-0.25, -0.2) is 0 Å². The monoisotopic (exact) mass is 450 g/mol. The summed E-state index contributed by atoms with van der Waals surface area (Å²) in [5.41, 5.74) is 0. The van der Waals surface area contributed by atoms with Gasteiger partial charge in [0, 0.05) is 6.42 Å². The molecular formula is C25H38O7. The van der Waals surface area contributed by atoms with Gasteiger partial charge in [0.15, 0.2) is 0 Å². The molecule has 0 unspecified atom stereocenters. The smallest absolute Gasteiger partial charge is 0.115 e. The Labute approximate surface area is 190 Å². The van der Waals surface area contributed by atoms with E-state index >= 15 is 0 Å².